The van der Waals surface area contributed by atoms with Gasteiger partial charge in [-0.3, -0.25) is 4.79 Å². The zero-order chi connectivity index (χ0) is 18.4. The average molecular weight is 371 g/mol. The van der Waals surface area contributed by atoms with Gasteiger partial charge in [-0.05, 0) is 35.8 Å². The molecule has 0 saturated carbocycles. The molecule has 1 amide bonds. The minimum atomic E-state index is -2.99. The van der Waals surface area contributed by atoms with Crippen molar-refractivity contribution in [3.05, 3.63) is 71.8 Å². The number of carbonyl (C=O) groups is 1. The highest BCUT2D eigenvalue weighted by atomic mass is 32.2. The van der Waals surface area contributed by atoms with Crippen LogP contribution in [0, 0.1) is 0 Å². The largest absolute Gasteiger partial charge is 0.489 e. The number of hydrogen-bond donors (Lipinski definition) is 1. The second-order valence-electron chi connectivity index (χ2n) is 6.29. The van der Waals surface area contributed by atoms with Gasteiger partial charge in [0.05, 0.1) is 11.5 Å². The van der Waals surface area contributed by atoms with E-state index in [0.717, 1.165) is 16.9 Å². The number of nitrogens with one attached hydrogen (secondary N) is 1. The molecule has 3 rings (SSSR count). The van der Waals surface area contributed by atoms with Crippen LogP contribution in [0.1, 0.15) is 17.5 Å². The standard InChI is InChI=1S/C20H21NO4S/c22-20(21-18-12-13-26(23,24)15-18)11-8-16-6-9-19(10-7-16)25-14-17-4-2-1-3-5-17/h1-11,18H,12-15H2,(H,21,22)/b11-8+/t18-/m1/s1. The molecule has 1 N–H and O–H groups in total. The molecule has 26 heavy (non-hydrogen) atoms. The Hall–Kier alpha value is -2.60. The lowest BCUT2D eigenvalue weighted by molar-refractivity contribution is -0.116. The van der Waals surface area contributed by atoms with Gasteiger partial charge < -0.3 is 10.1 Å². The molecule has 1 aliphatic rings. The molecule has 5 nitrogen and oxygen atoms in total. The average Bonchev–Trinajstić information content (AvgIpc) is 2.98. The van der Waals surface area contributed by atoms with Crippen molar-refractivity contribution >= 4 is 21.8 Å². The fourth-order valence-corrected chi connectivity index (χ4v) is 4.42. The molecule has 0 radical (unpaired) electrons. The van der Waals surface area contributed by atoms with Crippen LogP contribution in [0.2, 0.25) is 0 Å². The number of amides is 1. The maximum atomic E-state index is 11.9. The van der Waals surface area contributed by atoms with E-state index in [2.05, 4.69) is 5.32 Å². The van der Waals surface area contributed by atoms with Crippen LogP contribution in [-0.2, 0) is 21.2 Å². The number of hydrogen-bond acceptors (Lipinski definition) is 4. The highest BCUT2D eigenvalue weighted by Crippen LogP contribution is 2.15. The lowest BCUT2D eigenvalue weighted by Crippen LogP contribution is -2.34. The van der Waals surface area contributed by atoms with Gasteiger partial charge in [-0.1, -0.05) is 42.5 Å². The first kappa shape index (κ1) is 18.2. The van der Waals surface area contributed by atoms with Gasteiger partial charge in [0.15, 0.2) is 9.84 Å². The summed E-state index contributed by atoms with van der Waals surface area (Å²) < 4.78 is 28.5. The number of benzene rings is 2. The van der Waals surface area contributed by atoms with Crippen LogP contribution in [0.15, 0.2) is 60.7 Å². The van der Waals surface area contributed by atoms with E-state index in [1.54, 1.807) is 6.08 Å². The van der Waals surface area contributed by atoms with E-state index >= 15 is 0 Å². The van der Waals surface area contributed by atoms with Gasteiger partial charge >= 0.3 is 0 Å². The SMILES string of the molecule is O=C(/C=C/c1ccc(OCc2ccccc2)cc1)N[C@@H]1CCS(=O)(=O)C1. The van der Waals surface area contributed by atoms with Gasteiger partial charge in [0.2, 0.25) is 5.91 Å². The van der Waals surface area contributed by atoms with Crippen LogP contribution in [0.4, 0.5) is 0 Å². The van der Waals surface area contributed by atoms with Gasteiger partial charge in [-0.25, -0.2) is 8.42 Å². The van der Waals surface area contributed by atoms with E-state index in [0.29, 0.717) is 13.0 Å². The first-order valence-electron chi connectivity index (χ1n) is 8.46. The zero-order valence-electron chi connectivity index (χ0n) is 14.3. The van der Waals surface area contributed by atoms with Crippen LogP contribution < -0.4 is 10.1 Å². The molecule has 136 valence electrons. The number of ether oxygens (including phenoxy) is 1. The molecule has 2 aromatic carbocycles. The Balaban J connectivity index is 1.49. The molecule has 1 heterocycles. The minimum Gasteiger partial charge on any atom is -0.489 e. The summed E-state index contributed by atoms with van der Waals surface area (Å²) in [5.41, 5.74) is 1.97. The van der Waals surface area contributed by atoms with Gasteiger partial charge in [0.1, 0.15) is 12.4 Å². The summed E-state index contributed by atoms with van der Waals surface area (Å²) in [6.07, 6.45) is 3.60. The van der Waals surface area contributed by atoms with E-state index in [4.69, 9.17) is 4.74 Å². The molecule has 6 heteroatoms. The number of sulfone groups is 1. The van der Waals surface area contributed by atoms with Crippen LogP contribution in [-0.4, -0.2) is 31.9 Å². The Labute approximate surface area is 153 Å². The van der Waals surface area contributed by atoms with Crippen LogP contribution in [0.25, 0.3) is 6.08 Å². The summed E-state index contributed by atoms with van der Waals surface area (Å²) in [5, 5.41) is 2.72. The summed E-state index contributed by atoms with van der Waals surface area (Å²) in [6, 6.07) is 17.1. The maximum absolute atomic E-state index is 11.9. The molecule has 0 aromatic heterocycles. The van der Waals surface area contributed by atoms with Crippen molar-refractivity contribution in [2.75, 3.05) is 11.5 Å². The Morgan fingerprint density at radius 3 is 2.50 bits per heavy atom. The Bertz CT molecular complexity index is 874. The number of rotatable bonds is 6. The molecule has 0 spiro atoms. The molecule has 1 aliphatic heterocycles. The van der Waals surface area contributed by atoms with Crippen LogP contribution in [0.5, 0.6) is 5.75 Å². The normalized spacial score (nSPS) is 18.7. The third-order valence-electron chi connectivity index (χ3n) is 4.13. The van der Waals surface area contributed by atoms with Crippen molar-refractivity contribution in [2.45, 2.75) is 19.1 Å². The monoisotopic (exact) mass is 371 g/mol. The quantitative estimate of drug-likeness (QED) is 0.792. The van der Waals surface area contributed by atoms with Gasteiger partial charge in [-0.15, -0.1) is 0 Å². The molecule has 1 atom stereocenters. The lowest BCUT2D eigenvalue weighted by Gasteiger charge is -2.08. The fourth-order valence-electron chi connectivity index (χ4n) is 2.75. The zero-order valence-corrected chi connectivity index (χ0v) is 15.1. The predicted molar refractivity (Wildman–Crippen MR) is 101 cm³/mol. The van der Waals surface area contributed by atoms with Crippen molar-refractivity contribution in [3.63, 3.8) is 0 Å². The summed E-state index contributed by atoms with van der Waals surface area (Å²) in [5.74, 6) is 0.648. The molecular formula is C20H21NO4S. The smallest absolute Gasteiger partial charge is 0.244 e. The highest BCUT2D eigenvalue weighted by Gasteiger charge is 2.28. The summed E-state index contributed by atoms with van der Waals surface area (Å²) in [7, 11) is -2.99. The Kier molecular flexibility index (Phi) is 5.73. The van der Waals surface area contributed by atoms with Crippen LogP contribution >= 0.6 is 0 Å². The van der Waals surface area contributed by atoms with Crippen molar-refractivity contribution in [1.29, 1.82) is 0 Å². The van der Waals surface area contributed by atoms with Crippen LogP contribution in [0.3, 0.4) is 0 Å². The highest BCUT2D eigenvalue weighted by molar-refractivity contribution is 7.91. The predicted octanol–water partition coefficient (Wildman–Crippen LogP) is 2.58. The molecule has 1 saturated heterocycles. The Morgan fingerprint density at radius 2 is 1.85 bits per heavy atom. The second-order valence-corrected chi connectivity index (χ2v) is 8.51. The number of carbonyl (C=O) groups excluding carboxylic acids is 1. The third kappa shape index (κ3) is 5.46. The van der Waals surface area contributed by atoms with E-state index in [9.17, 15) is 13.2 Å². The third-order valence-corrected chi connectivity index (χ3v) is 5.90. The maximum Gasteiger partial charge on any atom is 0.244 e. The minimum absolute atomic E-state index is 0.0278. The van der Waals surface area contributed by atoms with Crippen molar-refractivity contribution in [2.24, 2.45) is 0 Å². The molecule has 0 aliphatic carbocycles. The van der Waals surface area contributed by atoms with E-state index < -0.39 is 9.84 Å². The second kappa shape index (κ2) is 8.19. The Morgan fingerprint density at radius 1 is 1.12 bits per heavy atom. The topological polar surface area (TPSA) is 72.5 Å². The fraction of sp³-hybridized carbons (Fsp3) is 0.250. The van der Waals surface area contributed by atoms with Crippen molar-refractivity contribution in [1.82, 2.24) is 5.32 Å². The van der Waals surface area contributed by atoms with E-state index in [1.165, 1.54) is 6.08 Å². The molecular weight excluding hydrogens is 350 g/mol. The first-order valence-corrected chi connectivity index (χ1v) is 10.3. The summed E-state index contributed by atoms with van der Waals surface area (Å²) in [4.78, 5) is 11.9. The van der Waals surface area contributed by atoms with E-state index in [1.807, 2.05) is 54.6 Å². The molecule has 0 bridgehead atoms. The molecule has 0 unspecified atom stereocenters. The van der Waals surface area contributed by atoms with Crippen molar-refractivity contribution < 1.29 is 17.9 Å². The summed E-state index contributed by atoms with van der Waals surface area (Å²) in [6.45, 7) is 0.503. The van der Waals surface area contributed by atoms with E-state index in [-0.39, 0.29) is 23.5 Å². The summed E-state index contributed by atoms with van der Waals surface area (Å²) >= 11 is 0. The molecule has 1 fully saturated rings. The molecule has 2 aromatic rings. The lowest BCUT2D eigenvalue weighted by atomic mass is 10.2. The van der Waals surface area contributed by atoms with Gasteiger partial charge in [0.25, 0.3) is 0 Å². The van der Waals surface area contributed by atoms with Crippen molar-refractivity contribution in [3.8, 4) is 5.75 Å². The first-order chi connectivity index (χ1) is 12.5. The van der Waals surface area contributed by atoms with Gasteiger partial charge in [-0.2, -0.15) is 0 Å². The van der Waals surface area contributed by atoms with Gasteiger partial charge in [0, 0.05) is 12.1 Å².